The van der Waals surface area contributed by atoms with E-state index in [1.54, 1.807) is 9.80 Å². The lowest BCUT2D eigenvalue weighted by Crippen LogP contribution is -2.51. The van der Waals surface area contributed by atoms with Crippen LogP contribution in [0.4, 0.5) is 14.9 Å². The molecule has 0 bridgehead atoms. The molecule has 1 aromatic carbocycles. The summed E-state index contributed by atoms with van der Waals surface area (Å²) < 4.78 is 19.3. The maximum Gasteiger partial charge on any atom is 0.411 e. The number of carbonyl (C=O) groups excluding carboxylic acids is 2. The van der Waals surface area contributed by atoms with Gasteiger partial charge in [-0.3, -0.25) is 14.6 Å². The summed E-state index contributed by atoms with van der Waals surface area (Å²) in [6, 6.07) is 9.87. The summed E-state index contributed by atoms with van der Waals surface area (Å²) >= 11 is 0. The lowest BCUT2D eigenvalue weighted by Gasteiger charge is -2.39. The van der Waals surface area contributed by atoms with Gasteiger partial charge in [0, 0.05) is 51.0 Å². The molecule has 0 aromatic heterocycles. The largest absolute Gasteiger partial charge is 0.444 e. The van der Waals surface area contributed by atoms with Gasteiger partial charge in [0.2, 0.25) is 5.91 Å². The number of carbonyl (C=O) groups is 2. The summed E-state index contributed by atoms with van der Waals surface area (Å²) in [6.45, 7) is 10.0. The molecule has 0 spiro atoms. The second-order valence-electron chi connectivity index (χ2n) is 10.1. The van der Waals surface area contributed by atoms with Gasteiger partial charge < -0.3 is 14.5 Å². The molecule has 3 heterocycles. The molecular formula is C24H35FN4O3. The first-order valence-corrected chi connectivity index (χ1v) is 11.7. The Balaban J connectivity index is 1.43. The summed E-state index contributed by atoms with van der Waals surface area (Å²) in [5.74, 6) is -0.151. The van der Waals surface area contributed by atoms with E-state index in [1.807, 2.05) is 39.0 Å². The molecular weight excluding hydrogens is 411 g/mol. The zero-order chi connectivity index (χ0) is 22.9. The van der Waals surface area contributed by atoms with Crippen molar-refractivity contribution < 1.29 is 18.7 Å². The summed E-state index contributed by atoms with van der Waals surface area (Å²) in [4.78, 5) is 34.1. The van der Waals surface area contributed by atoms with Gasteiger partial charge in [-0.2, -0.15) is 0 Å². The lowest BCUT2D eigenvalue weighted by atomic mass is 10.1. The number of alkyl halides is 1. The minimum Gasteiger partial charge on any atom is -0.444 e. The van der Waals surface area contributed by atoms with Crippen LogP contribution in [-0.4, -0.2) is 96.4 Å². The van der Waals surface area contributed by atoms with Crippen LogP contribution in [0.15, 0.2) is 30.3 Å². The Labute approximate surface area is 190 Å². The number of benzene rings is 1. The van der Waals surface area contributed by atoms with E-state index in [4.69, 9.17) is 4.74 Å². The number of nitrogens with zero attached hydrogens (tertiary/aromatic N) is 4. The Hall–Kier alpha value is -2.35. The zero-order valence-electron chi connectivity index (χ0n) is 19.4. The minimum atomic E-state index is -0.975. The number of halogens is 1. The van der Waals surface area contributed by atoms with E-state index in [-0.39, 0.29) is 18.5 Å². The molecule has 3 saturated heterocycles. The van der Waals surface area contributed by atoms with Gasteiger partial charge in [0.05, 0.1) is 6.54 Å². The molecule has 7 nitrogen and oxygen atoms in total. The molecule has 0 aliphatic carbocycles. The van der Waals surface area contributed by atoms with Crippen molar-refractivity contribution in [2.45, 2.75) is 57.5 Å². The average Bonchev–Trinajstić information content (AvgIpc) is 3.40. The predicted octanol–water partition coefficient (Wildman–Crippen LogP) is 2.76. The van der Waals surface area contributed by atoms with Crippen molar-refractivity contribution in [3.8, 4) is 0 Å². The van der Waals surface area contributed by atoms with Crippen molar-refractivity contribution in [2.75, 3.05) is 50.7 Å². The summed E-state index contributed by atoms with van der Waals surface area (Å²) in [6.07, 6.45) is -0.499. The van der Waals surface area contributed by atoms with Crippen LogP contribution in [0.5, 0.6) is 0 Å². The van der Waals surface area contributed by atoms with Crippen molar-refractivity contribution in [1.29, 1.82) is 0 Å². The van der Waals surface area contributed by atoms with E-state index in [2.05, 4.69) is 21.9 Å². The fraction of sp³-hybridized carbons (Fsp3) is 0.667. The molecule has 1 aromatic rings. The number of likely N-dealkylation sites (tertiary alicyclic amines) is 2. The lowest BCUT2D eigenvalue weighted by molar-refractivity contribution is -0.135. The number of para-hydroxylation sites is 1. The quantitative estimate of drug-likeness (QED) is 0.715. The van der Waals surface area contributed by atoms with Crippen molar-refractivity contribution in [1.82, 2.24) is 14.7 Å². The Morgan fingerprint density at radius 2 is 1.69 bits per heavy atom. The SMILES string of the molecule is CC(C)(C)OC(=O)N1C[C@@H](N2CCN(c3ccccc3)CC2)C[C@H]1C(=O)N1CC[C@@H](F)C1. The van der Waals surface area contributed by atoms with Crippen LogP contribution in [0, 0.1) is 0 Å². The molecule has 3 atom stereocenters. The minimum absolute atomic E-state index is 0.0955. The van der Waals surface area contributed by atoms with Crippen molar-refractivity contribution >= 4 is 17.7 Å². The first kappa shape index (κ1) is 22.8. The molecule has 0 radical (unpaired) electrons. The monoisotopic (exact) mass is 446 g/mol. The maximum atomic E-state index is 13.7. The first-order valence-electron chi connectivity index (χ1n) is 11.7. The highest BCUT2D eigenvalue weighted by molar-refractivity contribution is 5.86. The Bertz CT molecular complexity index is 807. The van der Waals surface area contributed by atoms with Gasteiger partial charge in [-0.15, -0.1) is 0 Å². The molecule has 0 unspecified atom stereocenters. The van der Waals surface area contributed by atoms with Gasteiger partial charge >= 0.3 is 6.09 Å². The highest BCUT2D eigenvalue weighted by atomic mass is 19.1. The summed E-state index contributed by atoms with van der Waals surface area (Å²) in [7, 11) is 0. The third kappa shape index (κ3) is 5.17. The van der Waals surface area contributed by atoms with Gasteiger partial charge in [-0.05, 0) is 45.7 Å². The van der Waals surface area contributed by atoms with Crippen LogP contribution in [0.25, 0.3) is 0 Å². The van der Waals surface area contributed by atoms with E-state index >= 15 is 0 Å². The van der Waals surface area contributed by atoms with E-state index in [0.29, 0.717) is 25.9 Å². The van der Waals surface area contributed by atoms with Crippen LogP contribution in [0.2, 0.25) is 0 Å². The fourth-order valence-electron chi connectivity index (χ4n) is 4.95. The van der Waals surface area contributed by atoms with Crippen molar-refractivity contribution in [2.24, 2.45) is 0 Å². The van der Waals surface area contributed by atoms with Crippen molar-refractivity contribution in [3.05, 3.63) is 30.3 Å². The predicted molar refractivity (Wildman–Crippen MR) is 121 cm³/mol. The molecule has 0 N–H and O–H groups in total. The molecule has 8 heteroatoms. The molecule has 4 rings (SSSR count). The Morgan fingerprint density at radius 3 is 2.28 bits per heavy atom. The second-order valence-corrected chi connectivity index (χ2v) is 10.1. The summed E-state index contributed by atoms with van der Waals surface area (Å²) in [5.41, 5.74) is 0.582. The molecule has 32 heavy (non-hydrogen) atoms. The van der Waals surface area contributed by atoms with Crippen LogP contribution in [-0.2, 0) is 9.53 Å². The smallest absolute Gasteiger partial charge is 0.411 e. The van der Waals surface area contributed by atoms with Crippen LogP contribution in [0.1, 0.15) is 33.6 Å². The van der Waals surface area contributed by atoms with Crippen LogP contribution < -0.4 is 4.90 Å². The normalized spacial score (nSPS) is 27.1. The van der Waals surface area contributed by atoms with Gasteiger partial charge in [-0.25, -0.2) is 9.18 Å². The zero-order valence-corrected chi connectivity index (χ0v) is 19.4. The van der Waals surface area contributed by atoms with E-state index in [0.717, 1.165) is 26.2 Å². The molecule has 0 saturated carbocycles. The number of hydrogen-bond donors (Lipinski definition) is 0. The molecule has 2 amide bonds. The maximum absolute atomic E-state index is 13.7. The Kier molecular flexibility index (Phi) is 6.60. The van der Waals surface area contributed by atoms with Crippen molar-refractivity contribution in [3.63, 3.8) is 0 Å². The molecule has 3 fully saturated rings. The number of rotatable bonds is 3. The van der Waals surface area contributed by atoms with E-state index in [1.165, 1.54) is 5.69 Å². The third-order valence-corrected chi connectivity index (χ3v) is 6.59. The number of ether oxygens (including phenoxy) is 1. The molecule has 3 aliphatic heterocycles. The second kappa shape index (κ2) is 9.25. The number of anilines is 1. The van der Waals surface area contributed by atoms with E-state index < -0.39 is 23.9 Å². The van der Waals surface area contributed by atoms with Crippen LogP contribution in [0.3, 0.4) is 0 Å². The number of piperazine rings is 1. The topological polar surface area (TPSA) is 56.3 Å². The van der Waals surface area contributed by atoms with Crippen LogP contribution >= 0.6 is 0 Å². The van der Waals surface area contributed by atoms with Gasteiger partial charge in [0.1, 0.15) is 17.8 Å². The van der Waals surface area contributed by atoms with Gasteiger partial charge in [-0.1, -0.05) is 18.2 Å². The number of amides is 2. The fourth-order valence-corrected chi connectivity index (χ4v) is 4.95. The van der Waals surface area contributed by atoms with Gasteiger partial charge in [0.15, 0.2) is 0 Å². The Morgan fingerprint density at radius 1 is 1.00 bits per heavy atom. The summed E-state index contributed by atoms with van der Waals surface area (Å²) in [5, 5.41) is 0. The molecule has 176 valence electrons. The molecule has 3 aliphatic rings. The standard InChI is InChI=1S/C24H35FN4O3/c1-24(2,3)32-23(31)29-17-20(15-21(29)22(30)28-10-9-18(25)16-28)27-13-11-26(12-14-27)19-7-5-4-6-8-19/h4-8,18,20-21H,9-17H2,1-3H3/t18-,20+,21+/m1/s1. The van der Waals surface area contributed by atoms with Gasteiger partial charge in [0.25, 0.3) is 0 Å². The third-order valence-electron chi connectivity index (χ3n) is 6.59. The van der Waals surface area contributed by atoms with E-state index in [9.17, 15) is 14.0 Å². The first-order chi connectivity index (χ1) is 15.2. The average molecular weight is 447 g/mol. The highest BCUT2D eigenvalue weighted by Gasteiger charge is 2.46. The highest BCUT2D eigenvalue weighted by Crippen LogP contribution is 2.29. The number of hydrogen-bond acceptors (Lipinski definition) is 5.